The Morgan fingerprint density at radius 1 is 1.37 bits per heavy atom. The Morgan fingerprint density at radius 2 is 2.16 bits per heavy atom. The highest BCUT2D eigenvalue weighted by Crippen LogP contribution is 2.20. The van der Waals surface area contributed by atoms with Crippen LogP contribution in [0.1, 0.15) is 16.8 Å². The fourth-order valence-corrected chi connectivity index (χ4v) is 1.87. The molecule has 0 aliphatic heterocycles. The topological polar surface area (TPSA) is 64.3 Å². The zero-order valence-electron chi connectivity index (χ0n) is 11.0. The molecule has 2 aromatic rings. The minimum Gasteiger partial charge on any atom is -0.496 e. The first-order valence-corrected chi connectivity index (χ1v) is 5.94. The Hall–Kier alpha value is -2.14. The van der Waals surface area contributed by atoms with E-state index >= 15 is 0 Å². The van der Waals surface area contributed by atoms with Crippen molar-refractivity contribution in [2.24, 2.45) is 0 Å². The van der Waals surface area contributed by atoms with Crippen molar-refractivity contribution in [2.45, 2.75) is 20.1 Å². The lowest BCUT2D eigenvalue weighted by molar-refractivity contribution is 0.281. The second-order valence-electron chi connectivity index (χ2n) is 4.30. The van der Waals surface area contributed by atoms with Crippen LogP contribution in [0.15, 0.2) is 35.4 Å². The Labute approximate surface area is 111 Å². The van der Waals surface area contributed by atoms with Crippen LogP contribution in [0.2, 0.25) is 0 Å². The lowest BCUT2D eigenvalue weighted by Crippen LogP contribution is -2.20. The van der Waals surface area contributed by atoms with Gasteiger partial charge in [0.05, 0.1) is 26.6 Å². The molecule has 0 fully saturated rings. The first kappa shape index (κ1) is 13.3. The van der Waals surface area contributed by atoms with E-state index in [4.69, 9.17) is 9.84 Å². The third-order valence-corrected chi connectivity index (χ3v) is 2.88. The number of hydrogen-bond acceptors (Lipinski definition) is 4. The molecule has 1 N–H and O–H groups in total. The van der Waals surface area contributed by atoms with Crippen LogP contribution < -0.4 is 10.3 Å². The fraction of sp³-hybridized carbons (Fsp3) is 0.286. The minimum absolute atomic E-state index is 0.0436. The SMILES string of the molecule is COc1ccc(CO)cc1Cn1cnc(C)cc1=O. The van der Waals surface area contributed by atoms with Crippen molar-refractivity contribution in [3.63, 3.8) is 0 Å². The summed E-state index contributed by atoms with van der Waals surface area (Å²) in [4.78, 5) is 15.9. The third-order valence-electron chi connectivity index (χ3n) is 2.88. The van der Waals surface area contributed by atoms with Crippen LogP contribution in [0.25, 0.3) is 0 Å². The summed E-state index contributed by atoms with van der Waals surface area (Å²) in [5.74, 6) is 0.685. The Balaban J connectivity index is 2.39. The van der Waals surface area contributed by atoms with Crippen molar-refractivity contribution in [2.75, 3.05) is 7.11 Å². The number of methoxy groups -OCH3 is 1. The first-order chi connectivity index (χ1) is 9.13. The number of nitrogens with zero attached hydrogens (tertiary/aromatic N) is 2. The van der Waals surface area contributed by atoms with Crippen molar-refractivity contribution < 1.29 is 9.84 Å². The standard InChI is InChI=1S/C14H16N2O3/c1-10-5-14(18)16(9-15-10)7-12-6-11(8-17)3-4-13(12)19-2/h3-6,9,17H,7-8H2,1-2H3. The monoisotopic (exact) mass is 260 g/mol. The van der Waals surface area contributed by atoms with E-state index in [9.17, 15) is 4.79 Å². The summed E-state index contributed by atoms with van der Waals surface area (Å²) in [6, 6.07) is 6.89. The minimum atomic E-state index is -0.107. The number of hydrogen-bond donors (Lipinski definition) is 1. The van der Waals surface area contributed by atoms with Crippen molar-refractivity contribution in [3.05, 3.63) is 57.8 Å². The highest BCUT2D eigenvalue weighted by Gasteiger charge is 2.06. The Morgan fingerprint density at radius 3 is 2.79 bits per heavy atom. The van der Waals surface area contributed by atoms with Gasteiger partial charge in [0.2, 0.25) is 0 Å². The van der Waals surface area contributed by atoms with Gasteiger partial charge in [-0.1, -0.05) is 6.07 Å². The van der Waals surface area contributed by atoms with Gasteiger partial charge in [-0.2, -0.15) is 0 Å². The highest BCUT2D eigenvalue weighted by atomic mass is 16.5. The smallest absolute Gasteiger partial charge is 0.253 e. The van der Waals surface area contributed by atoms with E-state index in [-0.39, 0.29) is 12.2 Å². The van der Waals surface area contributed by atoms with Gasteiger partial charge in [-0.05, 0) is 24.6 Å². The first-order valence-electron chi connectivity index (χ1n) is 5.94. The van der Waals surface area contributed by atoms with E-state index in [1.165, 1.54) is 17.0 Å². The van der Waals surface area contributed by atoms with Gasteiger partial charge in [-0.3, -0.25) is 9.36 Å². The van der Waals surface area contributed by atoms with E-state index in [0.29, 0.717) is 18.0 Å². The van der Waals surface area contributed by atoms with Gasteiger partial charge in [0, 0.05) is 17.3 Å². The predicted molar refractivity (Wildman–Crippen MR) is 71.3 cm³/mol. The maximum atomic E-state index is 11.8. The number of aliphatic hydroxyl groups excluding tert-OH is 1. The molecule has 0 atom stereocenters. The van der Waals surface area contributed by atoms with E-state index < -0.39 is 0 Å². The van der Waals surface area contributed by atoms with Crippen LogP contribution in [-0.2, 0) is 13.2 Å². The average molecular weight is 260 g/mol. The molecule has 0 aliphatic carbocycles. The number of ether oxygens (including phenoxy) is 1. The van der Waals surface area contributed by atoms with Crippen molar-refractivity contribution >= 4 is 0 Å². The van der Waals surface area contributed by atoms with Gasteiger partial charge in [0.25, 0.3) is 5.56 Å². The zero-order chi connectivity index (χ0) is 13.8. The van der Waals surface area contributed by atoms with Crippen LogP contribution in [0.5, 0.6) is 5.75 Å². The summed E-state index contributed by atoms with van der Waals surface area (Å²) in [5, 5.41) is 9.16. The lowest BCUT2D eigenvalue weighted by Gasteiger charge is -2.11. The Kier molecular flexibility index (Phi) is 3.97. The van der Waals surface area contributed by atoms with Crippen molar-refractivity contribution in [3.8, 4) is 5.75 Å². The molecule has 5 heteroatoms. The van der Waals surface area contributed by atoms with Crippen LogP contribution in [-0.4, -0.2) is 21.8 Å². The second-order valence-corrected chi connectivity index (χ2v) is 4.30. The number of aryl methyl sites for hydroxylation is 1. The van der Waals surface area contributed by atoms with E-state index in [1.807, 2.05) is 6.07 Å². The zero-order valence-corrected chi connectivity index (χ0v) is 11.0. The average Bonchev–Trinajstić information content (AvgIpc) is 2.41. The van der Waals surface area contributed by atoms with Gasteiger partial charge in [0.15, 0.2) is 0 Å². The number of benzene rings is 1. The summed E-state index contributed by atoms with van der Waals surface area (Å²) in [7, 11) is 1.58. The predicted octanol–water partition coefficient (Wildman–Crippen LogP) is 1.10. The number of rotatable bonds is 4. The summed E-state index contributed by atoms with van der Waals surface area (Å²) >= 11 is 0. The van der Waals surface area contributed by atoms with Gasteiger partial charge >= 0.3 is 0 Å². The molecule has 1 aromatic heterocycles. The fourth-order valence-electron chi connectivity index (χ4n) is 1.87. The van der Waals surface area contributed by atoms with Gasteiger partial charge in [-0.15, -0.1) is 0 Å². The molecule has 0 bridgehead atoms. The van der Waals surface area contributed by atoms with E-state index in [2.05, 4.69) is 4.98 Å². The molecule has 19 heavy (non-hydrogen) atoms. The molecule has 0 radical (unpaired) electrons. The molecular weight excluding hydrogens is 244 g/mol. The van der Waals surface area contributed by atoms with Gasteiger partial charge < -0.3 is 9.84 Å². The second kappa shape index (κ2) is 5.67. The van der Waals surface area contributed by atoms with Crippen LogP contribution in [0.4, 0.5) is 0 Å². The molecule has 0 amide bonds. The van der Waals surface area contributed by atoms with Crippen LogP contribution in [0, 0.1) is 6.92 Å². The highest BCUT2D eigenvalue weighted by molar-refractivity contribution is 5.37. The molecule has 0 unspecified atom stereocenters. The van der Waals surface area contributed by atoms with Crippen LogP contribution in [0.3, 0.4) is 0 Å². The summed E-state index contributed by atoms with van der Waals surface area (Å²) in [6.07, 6.45) is 1.52. The molecular formula is C14H16N2O3. The van der Waals surface area contributed by atoms with Crippen LogP contribution >= 0.6 is 0 Å². The Bertz CT molecular complexity index is 635. The van der Waals surface area contributed by atoms with Gasteiger partial charge in [0.1, 0.15) is 5.75 Å². The maximum absolute atomic E-state index is 11.8. The molecule has 1 aromatic carbocycles. The number of aliphatic hydroxyl groups is 1. The van der Waals surface area contributed by atoms with Crippen molar-refractivity contribution in [1.29, 1.82) is 0 Å². The maximum Gasteiger partial charge on any atom is 0.253 e. The molecule has 0 saturated carbocycles. The molecule has 0 spiro atoms. The quantitative estimate of drug-likeness (QED) is 0.894. The largest absolute Gasteiger partial charge is 0.496 e. The summed E-state index contributed by atoms with van der Waals surface area (Å²) in [6.45, 7) is 2.10. The van der Waals surface area contributed by atoms with E-state index in [1.54, 1.807) is 26.2 Å². The van der Waals surface area contributed by atoms with Gasteiger partial charge in [-0.25, -0.2) is 4.98 Å². The summed E-state index contributed by atoms with van der Waals surface area (Å²) in [5.41, 5.74) is 2.20. The molecule has 0 aliphatic rings. The normalized spacial score (nSPS) is 10.5. The summed E-state index contributed by atoms with van der Waals surface area (Å²) < 4.78 is 6.77. The van der Waals surface area contributed by atoms with E-state index in [0.717, 1.165) is 11.1 Å². The van der Waals surface area contributed by atoms with Crippen molar-refractivity contribution in [1.82, 2.24) is 9.55 Å². The third kappa shape index (κ3) is 3.00. The number of aromatic nitrogens is 2. The molecule has 0 saturated heterocycles. The molecule has 100 valence electrons. The lowest BCUT2D eigenvalue weighted by atomic mass is 10.1. The molecule has 5 nitrogen and oxygen atoms in total. The molecule has 1 heterocycles. The molecule has 2 rings (SSSR count).